The fraction of sp³-hybridized carbons (Fsp3) is 0.429. The molecule has 0 bridgehead atoms. The van der Waals surface area contributed by atoms with Gasteiger partial charge in [0.1, 0.15) is 18.2 Å². The molecule has 0 aliphatic carbocycles. The van der Waals surface area contributed by atoms with E-state index >= 15 is 0 Å². The monoisotopic (exact) mass is 526 g/mol. The van der Waals surface area contributed by atoms with Crippen molar-refractivity contribution in [2.45, 2.75) is 32.2 Å². The predicted octanol–water partition coefficient (Wildman–Crippen LogP) is 2.42. The summed E-state index contributed by atoms with van der Waals surface area (Å²) in [6, 6.07) is 6.57. The van der Waals surface area contributed by atoms with E-state index < -0.39 is 0 Å². The molecule has 1 atom stereocenters. The van der Waals surface area contributed by atoms with Gasteiger partial charge in [0.25, 0.3) is 0 Å². The number of nitriles is 1. The number of aromatic nitrogens is 4. The summed E-state index contributed by atoms with van der Waals surface area (Å²) in [6.45, 7) is 8.20. The van der Waals surface area contributed by atoms with E-state index in [4.69, 9.17) is 9.72 Å². The maximum atomic E-state index is 13.4. The van der Waals surface area contributed by atoms with Crippen LogP contribution in [0.3, 0.4) is 0 Å². The highest BCUT2D eigenvalue weighted by Gasteiger charge is 2.53. The number of likely N-dealkylation sites (N-methyl/N-ethyl adjacent to an activating group) is 1. The van der Waals surface area contributed by atoms with Crippen molar-refractivity contribution in [1.82, 2.24) is 30.0 Å². The number of benzene rings is 1. The van der Waals surface area contributed by atoms with Gasteiger partial charge in [-0.1, -0.05) is 18.7 Å². The number of nitrogens with one attached hydrogen (secondary N) is 1. The summed E-state index contributed by atoms with van der Waals surface area (Å²) < 4.78 is 6.15. The Morgan fingerprint density at radius 1 is 1.33 bits per heavy atom. The number of carbonyl (C=O) groups is 2. The molecule has 2 aromatic heterocycles. The highest BCUT2D eigenvalue weighted by molar-refractivity contribution is 6.01. The van der Waals surface area contributed by atoms with Gasteiger partial charge in [0, 0.05) is 48.5 Å². The summed E-state index contributed by atoms with van der Waals surface area (Å²) in [5.74, 6) is -0.0485. The van der Waals surface area contributed by atoms with Gasteiger partial charge in [0.2, 0.25) is 11.8 Å². The molecule has 1 aromatic carbocycles. The minimum Gasteiger partial charge on any atom is -0.462 e. The first-order chi connectivity index (χ1) is 18.8. The van der Waals surface area contributed by atoms with E-state index in [9.17, 15) is 14.9 Å². The van der Waals surface area contributed by atoms with Crippen LogP contribution >= 0.6 is 0 Å². The van der Waals surface area contributed by atoms with Crippen LogP contribution in [0, 0.1) is 23.7 Å². The molecule has 0 unspecified atom stereocenters. The first-order valence-electron chi connectivity index (χ1n) is 13.1. The van der Waals surface area contributed by atoms with Crippen LogP contribution in [-0.4, -0.2) is 87.7 Å². The maximum Gasteiger partial charge on any atom is 0.319 e. The Morgan fingerprint density at radius 3 is 2.87 bits per heavy atom. The van der Waals surface area contributed by atoms with Crippen LogP contribution < -0.4 is 9.64 Å². The molecular weight excluding hydrogens is 496 g/mol. The van der Waals surface area contributed by atoms with Gasteiger partial charge in [0.15, 0.2) is 5.82 Å². The van der Waals surface area contributed by atoms with Crippen LogP contribution in [-0.2, 0) is 9.59 Å². The predicted molar refractivity (Wildman–Crippen MR) is 144 cm³/mol. The molecule has 0 saturated carbocycles. The summed E-state index contributed by atoms with van der Waals surface area (Å²) in [7, 11) is 2.07. The van der Waals surface area contributed by atoms with Gasteiger partial charge < -0.3 is 14.5 Å². The van der Waals surface area contributed by atoms with E-state index in [0.29, 0.717) is 31.9 Å². The standard InChI is InChI=1S/C28H30N8O3/c1-4-21(37)35-14-28(15-35)10-22(38)36(16-28)26-20(11-29)25(23-17(2)7-8-18-12-30-33-24(18)23)31-27(32-26)39-13-19-6-5-9-34(19)3/h4,7-8,12,19H,1,5-6,9-10,13-16H2,2-3H3,(H,30,33)/t19-/m0/s1. The highest BCUT2D eigenvalue weighted by Crippen LogP contribution is 2.44. The zero-order valence-corrected chi connectivity index (χ0v) is 22.1. The largest absolute Gasteiger partial charge is 0.462 e. The van der Waals surface area contributed by atoms with Crippen molar-refractivity contribution in [1.29, 1.82) is 5.26 Å². The van der Waals surface area contributed by atoms with Crippen molar-refractivity contribution >= 4 is 28.5 Å². The lowest BCUT2D eigenvalue weighted by atomic mass is 9.79. The van der Waals surface area contributed by atoms with Gasteiger partial charge >= 0.3 is 6.01 Å². The lowest BCUT2D eigenvalue weighted by Crippen LogP contribution is -2.59. The van der Waals surface area contributed by atoms with Crippen LogP contribution in [0.4, 0.5) is 5.82 Å². The number of fused-ring (bicyclic) bond motifs is 1. The summed E-state index contributed by atoms with van der Waals surface area (Å²) in [5.41, 5.74) is 2.60. The molecule has 6 rings (SSSR count). The van der Waals surface area contributed by atoms with E-state index in [1.54, 1.807) is 16.0 Å². The number of aromatic amines is 1. The molecule has 39 heavy (non-hydrogen) atoms. The lowest BCUT2D eigenvalue weighted by Gasteiger charge is -2.47. The van der Waals surface area contributed by atoms with Crippen LogP contribution in [0.1, 0.15) is 30.4 Å². The van der Waals surface area contributed by atoms with Crippen molar-refractivity contribution in [2.24, 2.45) is 5.41 Å². The third-order valence-electron chi connectivity index (χ3n) is 8.24. The second-order valence-electron chi connectivity index (χ2n) is 10.9. The molecule has 1 N–H and O–H groups in total. The van der Waals surface area contributed by atoms with Crippen molar-refractivity contribution in [3.05, 3.63) is 42.1 Å². The molecular formula is C28H30N8O3. The molecule has 5 heterocycles. The number of likely N-dealkylation sites (tertiary alicyclic amines) is 2. The van der Waals surface area contributed by atoms with Gasteiger partial charge in [-0.3, -0.25) is 19.6 Å². The van der Waals surface area contributed by atoms with E-state index in [1.807, 2.05) is 19.1 Å². The maximum absolute atomic E-state index is 13.4. The molecule has 11 nitrogen and oxygen atoms in total. The number of amides is 2. The fourth-order valence-electron chi connectivity index (χ4n) is 6.10. The van der Waals surface area contributed by atoms with E-state index in [-0.39, 0.29) is 47.1 Å². The molecule has 3 fully saturated rings. The van der Waals surface area contributed by atoms with Gasteiger partial charge in [-0.2, -0.15) is 20.3 Å². The van der Waals surface area contributed by atoms with Gasteiger partial charge in [-0.25, -0.2) is 0 Å². The molecule has 3 aliphatic rings. The molecule has 3 aliphatic heterocycles. The molecule has 200 valence electrons. The Morgan fingerprint density at radius 2 is 2.15 bits per heavy atom. The lowest BCUT2D eigenvalue weighted by molar-refractivity contribution is -0.138. The first kappa shape index (κ1) is 25.0. The summed E-state index contributed by atoms with van der Waals surface area (Å²) in [4.78, 5) is 40.3. The average Bonchev–Trinajstić information content (AvgIpc) is 3.64. The number of H-pyrrole nitrogens is 1. The SMILES string of the molecule is C=CC(=O)N1CC2(CC(=O)N(c3nc(OC[C@@H]4CCCN4C)nc(-c4c(C)ccc5cn[nH]c45)c3C#N)C2)C1. The Hall–Kier alpha value is -4.30. The number of nitrogens with zero attached hydrogens (tertiary/aromatic N) is 7. The van der Waals surface area contributed by atoms with E-state index in [2.05, 4.69) is 39.8 Å². The third-order valence-corrected chi connectivity index (χ3v) is 8.24. The number of carbonyl (C=O) groups excluding carboxylic acids is 2. The van der Waals surface area contributed by atoms with Crippen molar-refractivity contribution in [3.63, 3.8) is 0 Å². The van der Waals surface area contributed by atoms with Crippen LogP contribution in [0.5, 0.6) is 6.01 Å². The van der Waals surface area contributed by atoms with Crippen molar-refractivity contribution in [3.8, 4) is 23.3 Å². The number of ether oxygens (including phenoxy) is 1. The van der Waals surface area contributed by atoms with Crippen LogP contribution in [0.15, 0.2) is 31.0 Å². The second-order valence-corrected chi connectivity index (χ2v) is 10.9. The van der Waals surface area contributed by atoms with Crippen molar-refractivity contribution in [2.75, 3.05) is 44.7 Å². The number of anilines is 1. The molecule has 3 aromatic rings. The van der Waals surface area contributed by atoms with Gasteiger partial charge in [0.05, 0.1) is 17.4 Å². The highest BCUT2D eigenvalue weighted by atomic mass is 16.5. The minimum absolute atomic E-state index is 0.126. The summed E-state index contributed by atoms with van der Waals surface area (Å²) >= 11 is 0. The minimum atomic E-state index is -0.375. The number of rotatable bonds is 6. The Labute approximate surface area is 226 Å². The zero-order chi connectivity index (χ0) is 27.3. The van der Waals surface area contributed by atoms with Crippen LogP contribution in [0.25, 0.3) is 22.2 Å². The third kappa shape index (κ3) is 4.21. The Balaban J connectivity index is 1.43. The Bertz CT molecular complexity index is 1530. The molecule has 2 amide bonds. The molecule has 11 heteroatoms. The topological polar surface area (TPSA) is 131 Å². The average molecular weight is 527 g/mol. The Kier molecular flexibility index (Phi) is 6.07. The number of hydrogen-bond donors (Lipinski definition) is 1. The first-order valence-corrected chi connectivity index (χ1v) is 13.1. The number of aryl methyl sites for hydroxylation is 1. The smallest absolute Gasteiger partial charge is 0.319 e. The molecule has 1 spiro atoms. The van der Waals surface area contributed by atoms with E-state index in [1.165, 1.54) is 6.08 Å². The van der Waals surface area contributed by atoms with E-state index in [0.717, 1.165) is 41.4 Å². The van der Waals surface area contributed by atoms with Crippen LogP contribution in [0.2, 0.25) is 0 Å². The van der Waals surface area contributed by atoms with Crippen molar-refractivity contribution < 1.29 is 14.3 Å². The molecule has 0 radical (unpaired) electrons. The zero-order valence-electron chi connectivity index (χ0n) is 22.1. The molecule has 3 saturated heterocycles. The van der Waals surface area contributed by atoms with Gasteiger partial charge in [-0.05, 0) is 45.0 Å². The summed E-state index contributed by atoms with van der Waals surface area (Å²) in [6.07, 6.45) is 5.41. The van der Waals surface area contributed by atoms with Gasteiger partial charge in [-0.15, -0.1) is 0 Å². The second kappa shape index (κ2) is 9.47. The number of hydrogen-bond acceptors (Lipinski definition) is 8. The fourth-order valence-corrected chi connectivity index (χ4v) is 6.10. The quantitative estimate of drug-likeness (QED) is 0.485. The normalized spacial score (nSPS) is 20.4. The summed E-state index contributed by atoms with van der Waals surface area (Å²) in [5, 5.41) is 18.5.